The van der Waals surface area contributed by atoms with Crippen LogP contribution in [-0.2, 0) is 10.0 Å². The lowest BCUT2D eigenvalue weighted by Gasteiger charge is -2.13. The summed E-state index contributed by atoms with van der Waals surface area (Å²) >= 11 is 1.70. The van der Waals surface area contributed by atoms with Crippen molar-refractivity contribution in [1.29, 1.82) is 0 Å². The molecule has 18 heavy (non-hydrogen) atoms. The van der Waals surface area contributed by atoms with Gasteiger partial charge in [0.2, 0.25) is 10.0 Å². The van der Waals surface area contributed by atoms with Gasteiger partial charge < -0.3 is 5.43 Å². The lowest BCUT2D eigenvalue weighted by Crippen LogP contribution is -2.34. The highest BCUT2D eigenvalue weighted by Crippen LogP contribution is 2.14. The molecule has 0 aliphatic rings. The Bertz CT molecular complexity index is 460. The fraction of sp³-hybridized carbons (Fsp3) is 0.455. The van der Waals surface area contributed by atoms with Gasteiger partial charge in [-0.25, -0.2) is 13.1 Å². The predicted molar refractivity (Wildman–Crippen MR) is 77.0 cm³/mol. The van der Waals surface area contributed by atoms with Crippen LogP contribution in [0.5, 0.6) is 0 Å². The molecule has 0 saturated heterocycles. The monoisotopic (exact) mass is 289 g/mol. The van der Waals surface area contributed by atoms with E-state index in [-0.39, 0.29) is 10.9 Å². The number of hydrazine groups is 1. The molecule has 1 atom stereocenters. The lowest BCUT2D eigenvalue weighted by atomic mass is 10.3. The summed E-state index contributed by atoms with van der Waals surface area (Å²) in [6, 6.07) is 6.21. The van der Waals surface area contributed by atoms with Crippen LogP contribution in [0.1, 0.15) is 13.8 Å². The summed E-state index contributed by atoms with van der Waals surface area (Å²) in [4.78, 5) is 0.245. The molecule has 5 nitrogen and oxygen atoms in total. The Balaban J connectivity index is 2.73. The second-order valence-electron chi connectivity index (χ2n) is 3.85. The third kappa shape index (κ3) is 4.49. The molecule has 1 rings (SSSR count). The molecule has 0 fully saturated rings. The number of thioether (sulfide) groups is 1. The number of benzene rings is 1. The second-order valence-corrected chi connectivity index (χ2v) is 6.88. The van der Waals surface area contributed by atoms with Crippen molar-refractivity contribution in [2.75, 3.05) is 16.9 Å². The SMILES string of the molecule is CCSCC(C)NS(=O)(=O)c1ccc(NN)cc1. The van der Waals surface area contributed by atoms with Crippen molar-refractivity contribution >= 4 is 27.5 Å². The number of rotatable bonds is 7. The average Bonchev–Trinajstić information content (AvgIpc) is 2.36. The Labute approximate surface area is 113 Å². The molecule has 0 amide bonds. The molecule has 0 saturated carbocycles. The van der Waals surface area contributed by atoms with Gasteiger partial charge in [0, 0.05) is 17.5 Å². The predicted octanol–water partition coefficient (Wildman–Crippen LogP) is 1.39. The number of hydrogen-bond acceptors (Lipinski definition) is 5. The summed E-state index contributed by atoms with van der Waals surface area (Å²) in [6.45, 7) is 3.90. The molecular weight excluding hydrogens is 270 g/mol. The van der Waals surface area contributed by atoms with E-state index in [4.69, 9.17) is 5.84 Å². The molecule has 102 valence electrons. The Morgan fingerprint density at radius 3 is 2.44 bits per heavy atom. The maximum absolute atomic E-state index is 12.0. The molecule has 1 aromatic carbocycles. The third-order valence-electron chi connectivity index (χ3n) is 2.26. The largest absolute Gasteiger partial charge is 0.324 e. The molecule has 1 unspecified atom stereocenters. The molecule has 0 aliphatic heterocycles. The van der Waals surface area contributed by atoms with Crippen LogP contribution in [0.15, 0.2) is 29.2 Å². The van der Waals surface area contributed by atoms with Gasteiger partial charge in [-0.15, -0.1) is 0 Å². The topological polar surface area (TPSA) is 84.2 Å². The highest BCUT2D eigenvalue weighted by Gasteiger charge is 2.16. The zero-order chi connectivity index (χ0) is 13.6. The van der Waals surface area contributed by atoms with E-state index in [0.29, 0.717) is 5.69 Å². The van der Waals surface area contributed by atoms with Crippen LogP contribution in [0.4, 0.5) is 5.69 Å². The summed E-state index contributed by atoms with van der Waals surface area (Å²) < 4.78 is 26.7. The van der Waals surface area contributed by atoms with Crippen molar-refractivity contribution in [2.45, 2.75) is 24.8 Å². The first-order valence-electron chi connectivity index (χ1n) is 5.66. The zero-order valence-corrected chi connectivity index (χ0v) is 12.1. The molecule has 7 heteroatoms. The smallest absolute Gasteiger partial charge is 0.240 e. The van der Waals surface area contributed by atoms with Gasteiger partial charge in [-0.3, -0.25) is 5.84 Å². The van der Waals surface area contributed by atoms with E-state index in [0.717, 1.165) is 11.5 Å². The van der Waals surface area contributed by atoms with E-state index < -0.39 is 10.0 Å². The number of nitrogen functional groups attached to an aromatic ring is 1. The number of anilines is 1. The summed E-state index contributed by atoms with van der Waals surface area (Å²) in [7, 11) is -3.45. The van der Waals surface area contributed by atoms with E-state index >= 15 is 0 Å². The molecule has 4 N–H and O–H groups in total. The van der Waals surface area contributed by atoms with E-state index in [1.165, 1.54) is 12.1 Å². The molecule has 0 radical (unpaired) electrons. The number of sulfonamides is 1. The van der Waals surface area contributed by atoms with Crippen molar-refractivity contribution in [3.63, 3.8) is 0 Å². The van der Waals surface area contributed by atoms with Crippen LogP contribution in [0.3, 0.4) is 0 Å². The van der Waals surface area contributed by atoms with Crippen LogP contribution < -0.4 is 16.0 Å². The Hall–Kier alpha value is -0.760. The first-order valence-corrected chi connectivity index (χ1v) is 8.30. The van der Waals surface area contributed by atoms with Crippen molar-refractivity contribution in [3.05, 3.63) is 24.3 Å². The first-order chi connectivity index (χ1) is 8.49. The van der Waals surface area contributed by atoms with Crippen molar-refractivity contribution in [2.24, 2.45) is 5.84 Å². The maximum Gasteiger partial charge on any atom is 0.240 e. The normalized spacial score (nSPS) is 13.3. The third-order valence-corrected chi connectivity index (χ3v) is 5.01. The number of hydrogen-bond donors (Lipinski definition) is 3. The molecular formula is C11H19N3O2S2. The average molecular weight is 289 g/mol. The second kappa shape index (κ2) is 6.98. The molecule has 0 aromatic heterocycles. The van der Waals surface area contributed by atoms with Crippen molar-refractivity contribution in [3.8, 4) is 0 Å². The first kappa shape index (κ1) is 15.3. The van der Waals surface area contributed by atoms with Crippen LogP contribution in [0, 0.1) is 0 Å². The van der Waals surface area contributed by atoms with Gasteiger partial charge in [0.25, 0.3) is 0 Å². The quantitative estimate of drug-likeness (QED) is 0.522. The van der Waals surface area contributed by atoms with Gasteiger partial charge in [0.15, 0.2) is 0 Å². The maximum atomic E-state index is 12.0. The van der Waals surface area contributed by atoms with E-state index in [2.05, 4.69) is 10.1 Å². The van der Waals surface area contributed by atoms with Gasteiger partial charge in [-0.05, 0) is 36.9 Å². The molecule has 0 spiro atoms. The minimum atomic E-state index is -3.45. The molecule has 0 heterocycles. The summed E-state index contributed by atoms with van der Waals surface area (Å²) in [5.41, 5.74) is 3.13. The number of nitrogens with one attached hydrogen (secondary N) is 2. The Morgan fingerprint density at radius 2 is 1.94 bits per heavy atom. The van der Waals surface area contributed by atoms with Crippen LogP contribution in [0.2, 0.25) is 0 Å². The van der Waals surface area contributed by atoms with Crippen molar-refractivity contribution in [1.82, 2.24) is 4.72 Å². The van der Waals surface area contributed by atoms with E-state index in [1.807, 2.05) is 13.8 Å². The van der Waals surface area contributed by atoms with Crippen LogP contribution in [0.25, 0.3) is 0 Å². The molecule has 1 aromatic rings. The summed E-state index contributed by atoms with van der Waals surface area (Å²) in [5, 5.41) is 0. The highest BCUT2D eigenvalue weighted by molar-refractivity contribution is 7.99. The van der Waals surface area contributed by atoms with E-state index in [9.17, 15) is 8.42 Å². The number of nitrogens with two attached hydrogens (primary N) is 1. The van der Waals surface area contributed by atoms with Crippen LogP contribution >= 0.6 is 11.8 Å². The Kier molecular flexibility index (Phi) is 5.94. The van der Waals surface area contributed by atoms with Crippen molar-refractivity contribution < 1.29 is 8.42 Å². The standard InChI is InChI=1S/C11H19N3O2S2/c1-3-17-8-9(2)14-18(15,16)11-6-4-10(13-12)5-7-11/h4-7,9,13-14H,3,8,12H2,1-2H3. The fourth-order valence-corrected chi connectivity index (χ4v) is 3.41. The fourth-order valence-electron chi connectivity index (χ4n) is 1.39. The van der Waals surface area contributed by atoms with Gasteiger partial charge in [0.05, 0.1) is 4.90 Å². The molecule has 0 aliphatic carbocycles. The van der Waals surface area contributed by atoms with E-state index in [1.54, 1.807) is 23.9 Å². The van der Waals surface area contributed by atoms with Gasteiger partial charge in [-0.2, -0.15) is 11.8 Å². The Morgan fingerprint density at radius 1 is 1.33 bits per heavy atom. The lowest BCUT2D eigenvalue weighted by molar-refractivity contribution is 0.571. The van der Waals surface area contributed by atoms with Gasteiger partial charge in [0.1, 0.15) is 0 Å². The summed E-state index contributed by atoms with van der Waals surface area (Å²) in [5.74, 6) is 6.96. The molecule has 0 bridgehead atoms. The van der Waals surface area contributed by atoms with Gasteiger partial charge >= 0.3 is 0 Å². The highest BCUT2D eigenvalue weighted by atomic mass is 32.2. The summed E-state index contributed by atoms with van der Waals surface area (Å²) in [6.07, 6.45) is 0. The minimum absolute atomic E-state index is 0.0905. The zero-order valence-electron chi connectivity index (χ0n) is 10.5. The minimum Gasteiger partial charge on any atom is -0.324 e. The van der Waals surface area contributed by atoms with Crippen LogP contribution in [-0.4, -0.2) is 26.0 Å². The van der Waals surface area contributed by atoms with Gasteiger partial charge in [-0.1, -0.05) is 6.92 Å².